The Labute approximate surface area is 106 Å². The van der Waals surface area contributed by atoms with Crippen molar-refractivity contribution in [2.75, 3.05) is 19.0 Å². The van der Waals surface area contributed by atoms with Crippen LogP contribution in [0.4, 0.5) is 5.69 Å². The van der Waals surface area contributed by atoms with E-state index in [4.69, 9.17) is 21.6 Å². The van der Waals surface area contributed by atoms with Gasteiger partial charge in [0.05, 0.1) is 29.3 Å². The molecular weight excluding hydrogens is 236 g/mol. The smallest absolute Gasteiger partial charge is 0.120 e. The van der Waals surface area contributed by atoms with Crippen LogP contribution in [0.1, 0.15) is 19.3 Å². The van der Waals surface area contributed by atoms with Gasteiger partial charge in [0.25, 0.3) is 0 Å². The molecule has 4 heteroatoms. The van der Waals surface area contributed by atoms with Gasteiger partial charge in [0.2, 0.25) is 0 Å². The van der Waals surface area contributed by atoms with Crippen LogP contribution >= 0.6 is 11.6 Å². The topological polar surface area (TPSA) is 45.0 Å². The standard InChI is InChI=1S/C13H15ClN2O/c1-17-10-3-4-12(11(14)7-10)16-9-13(8-15)5-2-6-13/h3-4,7,16H,2,5-6,9H2,1H3. The Balaban J connectivity index is 2.02. The van der Waals surface area contributed by atoms with Crippen LogP contribution in [-0.2, 0) is 0 Å². The molecule has 1 N–H and O–H groups in total. The summed E-state index contributed by atoms with van der Waals surface area (Å²) in [6.07, 6.45) is 3.10. The number of halogens is 1. The summed E-state index contributed by atoms with van der Waals surface area (Å²) in [6, 6.07) is 7.90. The van der Waals surface area contributed by atoms with E-state index in [1.165, 1.54) is 0 Å². The molecule has 0 unspecified atom stereocenters. The van der Waals surface area contributed by atoms with Gasteiger partial charge < -0.3 is 10.1 Å². The minimum absolute atomic E-state index is 0.191. The molecule has 0 saturated heterocycles. The fraction of sp³-hybridized carbons (Fsp3) is 0.462. The summed E-state index contributed by atoms with van der Waals surface area (Å²) in [5, 5.41) is 13.0. The zero-order valence-electron chi connectivity index (χ0n) is 9.79. The zero-order valence-corrected chi connectivity index (χ0v) is 10.5. The Morgan fingerprint density at radius 3 is 2.76 bits per heavy atom. The Kier molecular flexibility index (Phi) is 3.44. The van der Waals surface area contributed by atoms with Crippen LogP contribution < -0.4 is 10.1 Å². The third-order valence-electron chi connectivity index (χ3n) is 3.34. The first kappa shape index (κ1) is 12.1. The van der Waals surface area contributed by atoms with Crippen LogP contribution in [0, 0.1) is 16.7 Å². The average molecular weight is 251 g/mol. The van der Waals surface area contributed by atoms with Crippen molar-refractivity contribution in [3.8, 4) is 11.8 Å². The van der Waals surface area contributed by atoms with Gasteiger partial charge >= 0.3 is 0 Å². The molecular formula is C13H15ClN2O. The van der Waals surface area contributed by atoms with Crippen LogP contribution in [0.15, 0.2) is 18.2 Å². The van der Waals surface area contributed by atoms with Crippen LogP contribution in [0.2, 0.25) is 5.02 Å². The van der Waals surface area contributed by atoms with Crippen molar-refractivity contribution in [1.82, 2.24) is 0 Å². The number of hydrogen-bond acceptors (Lipinski definition) is 3. The average Bonchev–Trinajstić information content (AvgIpc) is 2.30. The number of methoxy groups -OCH3 is 1. The van der Waals surface area contributed by atoms with E-state index in [-0.39, 0.29) is 5.41 Å². The summed E-state index contributed by atoms with van der Waals surface area (Å²) >= 11 is 6.12. The Bertz CT molecular complexity index is 449. The third-order valence-corrected chi connectivity index (χ3v) is 3.65. The maximum absolute atomic E-state index is 9.12. The van der Waals surface area contributed by atoms with Gasteiger partial charge in [-0.15, -0.1) is 0 Å². The summed E-state index contributed by atoms with van der Waals surface area (Å²) < 4.78 is 5.08. The van der Waals surface area contributed by atoms with Crippen molar-refractivity contribution in [1.29, 1.82) is 5.26 Å². The second-order valence-corrected chi connectivity index (χ2v) is 4.85. The number of nitriles is 1. The van der Waals surface area contributed by atoms with Crippen LogP contribution in [-0.4, -0.2) is 13.7 Å². The van der Waals surface area contributed by atoms with Gasteiger partial charge in [-0.1, -0.05) is 18.0 Å². The number of benzene rings is 1. The number of ether oxygens (including phenoxy) is 1. The largest absolute Gasteiger partial charge is 0.497 e. The van der Waals surface area contributed by atoms with Crippen LogP contribution in [0.3, 0.4) is 0 Å². The van der Waals surface area contributed by atoms with E-state index >= 15 is 0 Å². The molecule has 1 aliphatic rings. The van der Waals surface area contributed by atoms with E-state index in [1.54, 1.807) is 13.2 Å². The van der Waals surface area contributed by atoms with Gasteiger partial charge in [-0.3, -0.25) is 0 Å². The molecule has 1 aromatic carbocycles. The fourth-order valence-corrected chi connectivity index (χ4v) is 2.20. The molecule has 0 aliphatic heterocycles. The number of rotatable bonds is 4. The summed E-state index contributed by atoms with van der Waals surface area (Å²) in [4.78, 5) is 0. The highest BCUT2D eigenvalue weighted by molar-refractivity contribution is 6.33. The molecule has 90 valence electrons. The van der Waals surface area contributed by atoms with Gasteiger partial charge in [-0.2, -0.15) is 5.26 Å². The molecule has 0 bridgehead atoms. The molecule has 0 atom stereocenters. The van der Waals surface area contributed by atoms with E-state index in [9.17, 15) is 0 Å². The fourth-order valence-electron chi connectivity index (χ4n) is 1.96. The first-order valence-corrected chi connectivity index (χ1v) is 6.06. The van der Waals surface area contributed by atoms with E-state index in [0.29, 0.717) is 11.6 Å². The lowest BCUT2D eigenvalue weighted by Crippen LogP contribution is -2.35. The summed E-state index contributed by atoms with van der Waals surface area (Å²) in [5.74, 6) is 0.735. The molecule has 17 heavy (non-hydrogen) atoms. The molecule has 0 heterocycles. The SMILES string of the molecule is COc1ccc(NCC2(C#N)CCC2)c(Cl)c1. The second kappa shape index (κ2) is 4.85. The predicted octanol–water partition coefficient (Wildman–Crippen LogP) is 3.45. The Morgan fingerprint density at radius 2 is 2.29 bits per heavy atom. The van der Waals surface area contributed by atoms with Gasteiger partial charge in [0, 0.05) is 12.6 Å². The molecule has 1 saturated carbocycles. The highest BCUT2D eigenvalue weighted by Gasteiger charge is 2.36. The molecule has 1 aromatic rings. The lowest BCUT2D eigenvalue weighted by Gasteiger charge is -2.35. The number of nitrogens with zero attached hydrogens (tertiary/aromatic N) is 1. The Morgan fingerprint density at radius 1 is 1.53 bits per heavy atom. The van der Waals surface area contributed by atoms with Crippen LogP contribution in [0.25, 0.3) is 0 Å². The summed E-state index contributed by atoms with van der Waals surface area (Å²) in [6.45, 7) is 0.662. The van der Waals surface area contributed by atoms with Gasteiger partial charge in [-0.25, -0.2) is 0 Å². The predicted molar refractivity (Wildman–Crippen MR) is 68.4 cm³/mol. The molecule has 1 fully saturated rings. The minimum Gasteiger partial charge on any atom is -0.497 e. The summed E-state index contributed by atoms with van der Waals surface area (Å²) in [5.41, 5.74) is 0.664. The van der Waals surface area contributed by atoms with Crippen molar-refractivity contribution < 1.29 is 4.74 Å². The second-order valence-electron chi connectivity index (χ2n) is 4.45. The first-order valence-electron chi connectivity index (χ1n) is 5.68. The number of anilines is 1. The first-order chi connectivity index (χ1) is 8.19. The summed E-state index contributed by atoms with van der Waals surface area (Å²) in [7, 11) is 1.61. The zero-order chi connectivity index (χ0) is 12.3. The maximum atomic E-state index is 9.12. The lowest BCUT2D eigenvalue weighted by molar-refractivity contribution is 0.233. The van der Waals surface area contributed by atoms with Gasteiger partial charge in [0.15, 0.2) is 0 Å². The number of nitrogens with one attached hydrogen (secondary N) is 1. The molecule has 0 amide bonds. The molecule has 0 aromatic heterocycles. The van der Waals surface area contributed by atoms with E-state index < -0.39 is 0 Å². The maximum Gasteiger partial charge on any atom is 0.120 e. The molecule has 1 aliphatic carbocycles. The van der Waals surface area contributed by atoms with Crippen molar-refractivity contribution in [2.24, 2.45) is 5.41 Å². The third kappa shape index (κ3) is 2.48. The van der Waals surface area contributed by atoms with E-state index in [1.807, 2.05) is 12.1 Å². The van der Waals surface area contributed by atoms with Gasteiger partial charge in [-0.05, 0) is 25.0 Å². The van der Waals surface area contributed by atoms with Gasteiger partial charge in [0.1, 0.15) is 5.75 Å². The quantitative estimate of drug-likeness (QED) is 0.890. The highest BCUT2D eigenvalue weighted by Crippen LogP contribution is 2.40. The van der Waals surface area contributed by atoms with E-state index in [0.717, 1.165) is 30.7 Å². The van der Waals surface area contributed by atoms with Crippen molar-refractivity contribution in [3.63, 3.8) is 0 Å². The Hall–Kier alpha value is -1.40. The van der Waals surface area contributed by atoms with Crippen molar-refractivity contribution in [3.05, 3.63) is 23.2 Å². The monoisotopic (exact) mass is 250 g/mol. The van der Waals surface area contributed by atoms with Crippen molar-refractivity contribution in [2.45, 2.75) is 19.3 Å². The molecule has 0 spiro atoms. The molecule has 0 radical (unpaired) electrons. The minimum atomic E-state index is -0.191. The normalized spacial score (nSPS) is 16.8. The van der Waals surface area contributed by atoms with Crippen LogP contribution in [0.5, 0.6) is 5.75 Å². The molecule has 3 nitrogen and oxygen atoms in total. The number of hydrogen-bond donors (Lipinski definition) is 1. The van der Waals surface area contributed by atoms with E-state index in [2.05, 4.69) is 11.4 Å². The highest BCUT2D eigenvalue weighted by atomic mass is 35.5. The molecule has 2 rings (SSSR count). The van der Waals surface area contributed by atoms with Crippen molar-refractivity contribution >= 4 is 17.3 Å². The lowest BCUT2D eigenvalue weighted by atomic mass is 9.70.